The summed E-state index contributed by atoms with van der Waals surface area (Å²) in [7, 11) is 0. The smallest absolute Gasteiger partial charge is 0.270 e. The fourth-order valence-corrected chi connectivity index (χ4v) is 2.54. The number of amides is 1. The maximum absolute atomic E-state index is 12.7. The van der Waals surface area contributed by atoms with E-state index in [9.17, 15) is 4.79 Å². The number of furan rings is 1. The molecular formula is C19H23N5O2. The van der Waals surface area contributed by atoms with Crippen LogP contribution < -0.4 is 5.32 Å². The zero-order valence-corrected chi connectivity index (χ0v) is 15.6. The quantitative estimate of drug-likeness (QED) is 0.729. The molecule has 26 heavy (non-hydrogen) atoms. The number of rotatable bonds is 5. The highest BCUT2D eigenvalue weighted by Crippen LogP contribution is 2.23. The molecule has 0 saturated carbocycles. The van der Waals surface area contributed by atoms with Crippen LogP contribution in [-0.2, 0) is 0 Å². The average molecular weight is 353 g/mol. The number of aryl methyl sites for hydroxylation is 2. The second kappa shape index (κ2) is 7.11. The van der Waals surface area contributed by atoms with Crippen LogP contribution in [0.2, 0.25) is 0 Å². The van der Waals surface area contributed by atoms with Crippen LogP contribution >= 0.6 is 0 Å². The van der Waals surface area contributed by atoms with Crippen LogP contribution in [0, 0.1) is 13.8 Å². The van der Waals surface area contributed by atoms with E-state index in [2.05, 4.69) is 25.5 Å². The molecule has 0 aliphatic carbocycles. The van der Waals surface area contributed by atoms with Crippen LogP contribution in [0.3, 0.4) is 0 Å². The van der Waals surface area contributed by atoms with E-state index in [1.165, 1.54) is 0 Å². The summed E-state index contributed by atoms with van der Waals surface area (Å²) in [5.41, 5.74) is 2.63. The van der Waals surface area contributed by atoms with Gasteiger partial charge in [0.1, 0.15) is 23.0 Å². The van der Waals surface area contributed by atoms with Gasteiger partial charge in [-0.3, -0.25) is 9.89 Å². The summed E-state index contributed by atoms with van der Waals surface area (Å²) in [6, 6.07) is 7.04. The lowest BCUT2D eigenvalue weighted by Gasteiger charge is -2.13. The summed E-state index contributed by atoms with van der Waals surface area (Å²) in [5, 5.41) is 10.0. The van der Waals surface area contributed by atoms with Gasteiger partial charge in [-0.25, -0.2) is 9.97 Å². The van der Waals surface area contributed by atoms with Crippen molar-refractivity contribution in [2.45, 2.75) is 46.6 Å². The van der Waals surface area contributed by atoms with Crippen LogP contribution in [0.25, 0.3) is 11.5 Å². The summed E-state index contributed by atoms with van der Waals surface area (Å²) in [6.45, 7) is 9.65. The number of hydrogen-bond donors (Lipinski definition) is 2. The Morgan fingerprint density at radius 2 is 1.92 bits per heavy atom. The first-order valence-electron chi connectivity index (χ1n) is 8.62. The number of carbonyl (C=O) groups excluding carboxylic acids is 1. The first-order valence-corrected chi connectivity index (χ1v) is 8.62. The van der Waals surface area contributed by atoms with E-state index in [1.54, 1.807) is 6.07 Å². The van der Waals surface area contributed by atoms with Gasteiger partial charge in [-0.05, 0) is 45.0 Å². The highest BCUT2D eigenvalue weighted by Gasteiger charge is 2.19. The van der Waals surface area contributed by atoms with E-state index in [-0.39, 0.29) is 17.9 Å². The Labute approximate surface area is 152 Å². The number of nitrogens with one attached hydrogen (secondary N) is 2. The van der Waals surface area contributed by atoms with Gasteiger partial charge in [-0.15, -0.1) is 0 Å². The van der Waals surface area contributed by atoms with Gasteiger partial charge in [0.25, 0.3) is 5.91 Å². The molecule has 0 radical (unpaired) electrons. The number of nitrogens with zero attached hydrogens (tertiary/aromatic N) is 3. The standard InChI is InChI=1S/C19H23N5O2/c1-10(2)18-21-15(17-7-6-12(4)26-17)9-16(22-18)19(25)20-13(5)14-8-11(3)23-24-14/h6-10,13H,1-5H3,(H,20,25)(H,23,24). The van der Waals surface area contributed by atoms with Crippen molar-refractivity contribution < 1.29 is 9.21 Å². The van der Waals surface area contributed by atoms with Crippen LogP contribution in [-0.4, -0.2) is 26.1 Å². The first-order chi connectivity index (χ1) is 12.3. The Balaban J connectivity index is 1.90. The van der Waals surface area contributed by atoms with Crippen LogP contribution in [0.1, 0.15) is 66.2 Å². The molecule has 0 saturated heterocycles. The molecule has 136 valence electrons. The van der Waals surface area contributed by atoms with Gasteiger partial charge in [-0.1, -0.05) is 13.8 Å². The van der Waals surface area contributed by atoms with E-state index in [0.717, 1.165) is 17.1 Å². The van der Waals surface area contributed by atoms with Gasteiger partial charge in [0.15, 0.2) is 5.76 Å². The minimum atomic E-state index is -0.271. The average Bonchev–Trinajstić information content (AvgIpc) is 3.23. The van der Waals surface area contributed by atoms with E-state index < -0.39 is 0 Å². The maximum Gasteiger partial charge on any atom is 0.270 e. The molecule has 1 amide bonds. The molecule has 1 atom stereocenters. The Morgan fingerprint density at radius 3 is 2.50 bits per heavy atom. The third kappa shape index (κ3) is 3.82. The first kappa shape index (κ1) is 17.8. The monoisotopic (exact) mass is 353 g/mol. The Hall–Kier alpha value is -2.96. The van der Waals surface area contributed by atoms with Crippen molar-refractivity contribution in [2.24, 2.45) is 0 Å². The number of H-pyrrole nitrogens is 1. The van der Waals surface area contributed by atoms with E-state index in [1.807, 2.05) is 52.8 Å². The van der Waals surface area contributed by atoms with Crippen molar-refractivity contribution in [3.8, 4) is 11.5 Å². The number of aromatic nitrogens is 4. The molecule has 3 heterocycles. The molecule has 2 N–H and O–H groups in total. The van der Waals surface area contributed by atoms with Gasteiger partial charge < -0.3 is 9.73 Å². The van der Waals surface area contributed by atoms with Crippen LogP contribution in [0.4, 0.5) is 0 Å². The topological polar surface area (TPSA) is 96.7 Å². The van der Waals surface area contributed by atoms with Gasteiger partial charge in [0, 0.05) is 11.6 Å². The molecule has 0 fully saturated rings. The van der Waals surface area contributed by atoms with E-state index >= 15 is 0 Å². The molecule has 7 heteroatoms. The minimum Gasteiger partial charge on any atom is -0.460 e. The molecule has 0 aliphatic heterocycles. The zero-order valence-electron chi connectivity index (χ0n) is 15.6. The SMILES string of the molecule is Cc1cc(C(C)NC(=O)c2cc(-c3ccc(C)o3)nc(C(C)C)n2)n[nH]1. The molecule has 7 nitrogen and oxygen atoms in total. The van der Waals surface area contributed by atoms with Crippen molar-refractivity contribution in [1.29, 1.82) is 0 Å². The van der Waals surface area contributed by atoms with E-state index in [0.29, 0.717) is 23.0 Å². The van der Waals surface area contributed by atoms with Gasteiger partial charge in [-0.2, -0.15) is 5.10 Å². The lowest BCUT2D eigenvalue weighted by Crippen LogP contribution is -2.28. The highest BCUT2D eigenvalue weighted by molar-refractivity contribution is 5.93. The molecule has 0 aromatic carbocycles. The summed E-state index contributed by atoms with van der Waals surface area (Å²) in [5.74, 6) is 1.83. The van der Waals surface area contributed by atoms with Crippen molar-refractivity contribution in [3.05, 3.63) is 52.9 Å². The zero-order chi connectivity index (χ0) is 18.8. The molecule has 3 rings (SSSR count). The molecule has 1 unspecified atom stereocenters. The summed E-state index contributed by atoms with van der Waals surface area (Å²) in [6.07, 6.45) is 0. The molecule has 0 aliphatic rings. The van der Waals surface area contributed by atoms with Gasteiger partial charge in [0.2, 0.25) is 0 Å². The lowest BCUT2D eigenvalue weighted by molar-refractivity contribution is 0.0933. The molecule has 3 aromatic heterocycles. The fraction of sp³-hybridized carbons (Fsp3) is 0.368. The minimum absolute atomic E-state index is 0.0870. The lowest BCUT2D eigenvalue weighted by atomic mass is 10.1. The summed E-state index contributed by atoms with van der Waals surface area (Å²) < 4.78 is 5.66. The van der Waals surface area contributed by atoms with Crippen LogP contribution in [0.15, 0.2) is 28.7 Å². The number of hydrogen-bond acceptors (Lipinski definition) is 5. The normalized spacial score (nSPS) is 12.4. The Bertz CT molecular complexity index is 926. The molecule has 3 aromatic rings. The predicted octanol–water partition coefficient (Wildman–Crippen LogP) is 3.69. The molecule has 0 bridgehead atoms. The van der Waals surface area contributed by atoms with Crippen molar-refractivity contribution in [3.63, 3.8) is 0 Å². The van der Waals surface area contributed by atoms with Gasteiger partial charge >= 0.3 is 0 Å². The number of aromatic amines is 1. The highest BCUT2D eigenvalue weighted by atomic mass is 16.3. The van der Waals surface area contributed by atoms with E-state index in [4.69, 9.17) is 4.42 Å². The van der Waals surface area contributed by atoms with Gasteiger partial charge in [0.05, 0.1) is 11.7 Å². The second-order valence-corrected chi connectivity index (χ2v) is 6.73. The Kier molecular flexibility index (Phi) is 4.88. The number of carbonyl (C=O) groups is 1. The van der Waals surface area contributed by atoms with Crippen LogP contribution in [0.5, 0.6) is 0 Å². The van der Waals surface area contributed by atoms with Crippen molar-refractivity contribution in [1.82, 2.24) is 25.5 Å². The predicted molar refractivity (Wildman–Crippen MR) is 97.8 cm³/mol. The van der Waals surface area contributed by atoms with Crippen molar-refractivity contribution in [2.75, 3.05) is 0 Å². The summed E-state index contributed by atoms with van der Waals surface area (Å²) >= 11 is 0. The second-order valence-electron chi connectivity index (χ2n) is 6.73. The molecule has 0 spiro atoms. The largest absolute Gasteiger partial charge is 0.460 e. The maximum atomic E-state index is 12.7. The molecular weight excluding hydrogens is 330 g/mol. The fourth-order valence-electron chi connectivity index (χ4n) is 2.54. The summed E-state index contributed by atoms with van der Waals surface area (Å²) in [4.78, 5) is 21.7. The third-order valence-corrected chi connectivity index (χ3v) is 4.00. The Morgan fingerprint density at radius 1 is 1.15 bits per heavy atom. The van der Waals surface area contributed by atoms with Crippen molar-refractivity contribution >= 4 is 5.91 Å². The third-order valence-electron chi connectivity index (χ3n) is 4.00.